The molecule has 22 heavy (non-hydrogen) atoms. The minimum Gasteiger partial charge on any atom is -0.481 e. The zero-order valence-corrected chi connectivity index (χ0v) is 13.0. The highest BCUT2D eigenvalue weighted by Gasteiger charge is 2.27. The second kappa shape index (κ2) is 7.35. The Balaban J connectivity index is 1.79. The van der Waals surface area contributed by atoms with Gasteiger partial charge in [-0.25, -0.2) is 4.79 Å². The van der Waals surface area contributed by atoms with Gasteiger partial charge in [-0.05, 0) is 44.0 Å². The molecule has 2 amide bonds. The summed E-state index contributed by atoms with van der Waals surface area (Å²) in [5.74, 6) is -0.534. The number of nitrogens with one attached hydrogen (secondary N) is 1. The molecular weight excluding hydrogens is 308 g/mol. The van der Waals surface area contributed by atoms with E-state index in [9.17, 15) is 9.59 Å². The lowest BCUT2D eigenvalue weighted by atomic mass is 9.97. The first kappa shape index (κ1) is 16.4. The van der Waals surface area contributed by atoms with Gasteiger partial charge in [0.05, 0.1) is 5.92 Å². The first-order valence-electron chi connectivity index (χ1n) is 7.16. The molecule has 2 rings (SSSR count). The number of carbonyl (C=O) groups excluding carboxylic acids is 1. The van der Waals surface area contributed by atoms with Crippen LogP contribution in [0.4, 0.5) is 4.79 Å². The molecule has 1 atom stereocenters. The maximum Gasteiger partial charge on any atom is 0.320 e. The second-order valence-electron chi connectivity index (χ2n) is 5.26. The predicted molar refractivity (Wildman–Crippen MR) is 82.0 cm³/mol. The smallest absolute Gasteiger partial charge is 0.320 e. The molecular formula is C15H19ClN2O4. The molecule has 0 aliphatic carbocycles. The van der Waals surface area contributed by atoms with Gasteiger partial charge in [-0.15, -0.1) is 0 Å². The number of hydrogen-bond donors (Lipinski definition) is 2. The molecule has 1 aliphatic heterocycles. The van der Waals surface area contributed by atoms with Gasteiger partial charge in [-0.2, -0.15) is 0 Å². The summed E-state index contributed by atoms with van der Waals surface area (Å²) in [6, 6.07) is 6.63. The Morgan fingerprint density at radius 2 is 1.91 bits per heavy atom. The van der Waals surface area contributed by atoms with E-state index < -0.39 is 12.2 Å². The quantitative estimate of drug-likeness (QED) is 0.833. The third kappa shape index (κ3) is 4.53. The number of hydrogen-bond acceptors (Lipinski definition) is 3. The van der Waals surface area contributed by atoms with Crippen LogP contribution in [0, 0.1) is 5.92 Å². The van der Waals surface area contributed by atoms with Crippen LogP contribution in [0.15, 0.2) is 24.3 Å². The molecule has 6 nitrogen and oxygen atoms in total. The van der Waals surface area contributed by atoms with Gasteiger partial charge in [0.15, 0.2) is 6.23 Å². The molecule has 0 spiro atoms. The van der Waals surface area contributed by atoms with Crippen molar-refractivity contribution in [1.29, 1.82) is 0 Å². The highest BCUT2D eigenvalue weighted by Crippen LogP contribution is 2.18. The molecule has 0 aromatic heterocycles. The zero-order valence-electron chi connectivity index (χ0n) is 12.3. The number of rotatable bonds is 4. The van der Waals surface area contributed by atoms with Gasteiger partial charge in [0.1, 0.15) is 5.75 Å². The van der Waals surface area contributed by atoms with Crippen molar-refractivity contribution in [2.24, 2.45) is 5.92 Å². The maximum atomic E-state index is 12.1. The molecule has 2 N–H and O–H groups in total. The number of likely N-dealkylation sites (tertiary alicyclic amines) is 1. The van der Waals surface area contributed by atoms with Crippen LogP contribution in [0.5, 0.6) is 5.75 Å². The fourth-order valence-corrected chi connectivity index (χ4v) is 2.47. The number of halogens is 1. The number of carboxylic acids is 1. The van der Waals surface area contributed by atoms with E-state index in [1.165, 1.54) is 0 Å². The largest absolute Gasteiger partial charge is 0.481 e. The normalized spacial score (nSPS) is 16.9. The lowest BCUT2D eigenvalue weighted by Crippen LogP contribution is -2.49. The van der Waals surface area contributed by atoms with Crippen molar-refractivity contribution < 1.29 is 19.4 Å². The molecule has 0 bridgehead atoms. The highest BCUT2D eigenvalue weighted by molar-refractivity contribution is 6.30. The van der Waals surface area contributed by atoms with E-state index >= 15 is 0 Å². The number of carbonyl (C=O) groups is 2. The van der Waals surface area contributed by atoms with Gasteiger partial charge in [-0.1, -0.05) is 11.6 Å². The number of nitrogens with zero attached hydrogens (tertiary/aromatic N) is 1. The molecule has 0 saturated carbocycles. The Kier molecular flexibility index (Phi) is 5.49. The van der Waals surface area contributed by atoms with E-state index in [0.717, 1.165) is 0 Å². The van der Waals surface area contributed by atoms with Crippen LogP contribution in [0.2, 0.25) is 5.02 Å². The average molecular weight is 327 g/mol. The maximum absolute atomic E-state index is 12.1. The van der Waals surface area contributed by atoms with Crippen molar-refractivity contribution in [3.63, 3.8) is 0 Å². The molecule has 120 valence electrons. The first-order valence-corrected chi connectivity index (χ1v) is 7.54. The van der Waals surface area contributed by atoms with E-state index in [2.05, 4.69) is 5.32 Å². The Morgan fingerprint density at radius 3 is 2.45 bits per heavy atom. The monoisotopic (exact) mass is 326 g/mol. The average Bonchev–Trinajstić information content (AvgIpc) is 2.49. The van der Waals surface area contributed by atoms with E-state index in [-0.39, 0.29) is 11.9 Å². The summed E-state index contributed by atoms with van der Waals surface area (Å²) in [5.41, 5.74) is 0. The van der Waals surface area contributed by atoms with E-state index in [1.54, 1.807) is 36.1 Å². The summed E-state index contributed by atoms with van der Waals surface area (Å²) in [5, 5.41) is 12.3. The molecule has 1 saturated heterocycles. The van der Waals surface area contributed by atoms with E-state index in [0.29, 0.717) is 36.7 Å². The molecule has 1 fully saturated rings. The summed E-state index contributed by atoms with van der Waals surface area (Å²) in [6.45, 7) is 2.61. The lowest BCUT2D eigenvalue weighted by Gasteiger charge is -2.31. The number of urea groups is 1. The lowest BCUT2D eigenvalue weighted by molar-refractivity contribution is -0.143. The van der Waals surface area contributed by atoms with Gasteiger partial charge in [-0.3, -0.25) is 4.79 Å². The number of piperidine rings is 1. The summed E-state index contributed by atoms with van der Waals surface area (Å²) < 4.78 is 5.58. The van der Waals surface area contributed by atoms with Crippen LogP contribution in [0.25, 0.3) is 0 Å². The topological polar surface area (TPSA) is 78.9 Å². The number of aliphatic carboxylic acids is 1. The molecule has 0 radical (unpaired) electrons. The number of benzene rings is 1. The van der Waals surface area contributed by atoms with Crippen molar-refractivity contribution in [2.75, 3.05) is 13.1 Å². The van der Waals surface area contributed by atoms with Crippen LogP contribution >= 0.6 is 11.6 Å². The van der Waals surface area contributed by atoms with Gasteiger partial charge in [0.25, 0.3) is 0 Å². The first-order chi connectivity index (χ1) is 10.5. The van der Waals surface area contributed by atoms with Crippen LogP contribution < -0.4 is 10.1 Å². The van der Waals surface area contributed by atoms with Crippen LogP contribution in [-0.2, 0) is 4.79 Å². The van der Waals surface area contributed by atoms with Gasteiger partial charge in [0.2, 0.25) is 0 Å². The molecule has 1 aromatic carbocycles. The van der Waals surface area contributed by atoms with Gasteiger partial charge in [0, 0.05) is 18.1 Å². The second-order valence-corrected chi connectivity index (χ2v) is 5.70. The molecule has 1 aromatic rings. The Morgan fingerprint density at radius 1 is 1.32 bits per heavy atom. The van der Waals surface area contributed by atoms with E-state index in [4.69, 9.17) is 21.4 Å². The van der Waals surface area contributed by atoms with Crippen molar-refractivity contribution in [1.82, 2.24) is 10.2 Å². The van der Waals surface area contributed by atoms with Crippen LogP contribution in [0.3, 0.4) is 0 Å². The zero-order chi connectivity index (χ0) is 16.1. The van der Waals surface area contributed by atoms with Crippen molar-refractivity contribution >= 4 is 23.6 Å². The van der Waals surface area contributed by atoms with Crippen molar-refractivity contribution in [2.45, 2.75) is 26.0 Å². The fourth-order valence-electron chi connectivity index (χ4n) is 2.34. The van der Waals surface area contributed by atoms with E-state index in [1.807, 2.05) is 0 Å². The molecule has 1 unspecified atom stereocenters. The molecule has 1 aliphatic rings. The summed E-state index contributed by atoms with van der Waals surface area (Å²) in [6.07, 6.45) is 0.468. The minimum atomic E-state index is -0.792. The standard InChI is InChI=1S/C15H19ClN2O4/c1-10(22-13-4-2-12(16)3-5-13)17-15(21)18-8-6-11(7-9-18)14(19)20/h2-5,10-11H,6-9H2,1H3,(H,17,21)(H,19,20). The van der Waals surface area contributed by atoms with Gasteiger partial charge >= 0.3 is 12.0 Å². The van der Waals surface area contributed by atoms with Crippen LogP contribution in [-0.4, -0.2) is 41.3 Å². The molecule has 7 heteroatoms. The number of carboxylic acid groups (broad SMARTS) is 1. The number of ether oxygens (including phenoxy) is 1. The fraction of sp³-hybridized carbons (Fsp3) is 0.467. The van der Waals surface area contributed by atoms with Crippen molar-refractivity contribution in [3.8, 4) is 5.75 Å². The van der Waals surface area contributed by atoms with Crippen molar-refractivity contribution in [3.05, 3.63) is 29.3 Å². The Bertz CT molecular complexity index is 527. The summed E-state index contributed by atoms with van der Waals surface area (Å²) in [4.78, 5) is 24.6. The van der Waals surface area contributed by atoms with Gasteiger partial charge < -0.3 is 20.1 Å². The Labute approximate surface area is 134 Å². The highest BCUT2D eigenvalue weighted by atomic mass is 35.5. The minimum absolute atomic E-state index is 0.245. The Hall–Kier alpha value is -1.95. The third-order valence-corrected chi connectivity index (χ3v) is 3.84. The SMILES string of the molecule is CC(NC(=O)N1CCC(C(=O)O)CC1)Oc1ccc(Cl)cc1. The van der Waals surface area contributed by atoms with Crippen LogP contribution in [0.1, 0.15) is 19.8 Å². The third-order valence-electron chi connectivity index (χ3n) is 3.58. The molecule has 1 heterocycles. The summed E-state index contributed by atoms with van der Waals surface area (Å²) in [7, 11) is 0. The predicted octanol–water partition coefficient (Wildman–Crippen LogP) is 2.57. The summed E-state index contributed by atoms with van der Waals surface area (Å²) >= 11 is 5.79. The number of amides is 2.